The Morgan fingerprint density at radius 1 is 0.667 bits per heavy atom. The van der Waals surface area contributed by atoms with E-state index in [4.69, 9.17) is 0 Å². The average Bonchev–Trinajstić information content (AvgIpc) is 2.89. The lowest BCUT2D eigenvalue weighted by molar-refractivity contribution is -0.572. The van der Waals surface area contributed by atoms with Crippen LogP contribution in [0.25, 0.3) is 39.3 Å². The number of fused-ring (bicyclic) bond motifs is 3. The van der Waals surface area contributed by atoms with Crippen molar-refractivity contribution in [2.45, 2.75) is 19.8 Å². The monoisotopic (exact) mass is 426 g/mol. The van der Waals surface area contributed by atoms with E-state index in [9.17, 15) is 0 Å². The van der Waals surface area contributed by atoms with Gasteiger partial charge in [0, 0.05) is 54.1 Å². The van der Waals surface area contributed by atoms with Gasteiger partial charge in [-0.25, -0.2) is 0 Å². The van der Waals surface area contributed by atoms with Crippen LogP contribution in [0.2, 0.25) is 0 Å². The molecule has 0 N–H and O–H groups in total. The standard InChI is InChI=1S/C30H24N3/c1-21-6-8-24(9-7-21)29-20-28(23-12-16-31-17-13-23)27-11-10-22-4-2-3-5-26(22)30(27)33(29)25-14-18-32-19-15-25/h2-9,12-20H,10-11H2,1H3/q+1. The number of hydrogen-bond acceptors (Lipinski definition) is 2. The molecule has 0 saturated carbocycles. The highest BCUT2D eigenvalue weighted by Gasteiger charge is 2.33. The highest BCUT2D eigenvalue weighted by atomic mass is 15.0. The van der Waals surface area contributed by atoms with Crippen molar-refractivity contribution in [1.29, 1.82) is 0 Å². The molecular formula is C30H24N3+. The van der Waals surface area contributed by atoms with Crippen LogP contribution < -0.4 is 4.57 Å². The smallest absolute Gasteiger partial charge is 0.223 e. The molecule has 3 heterocycles. The molecule has 6 rings (SSSR count). The Balaban J connectivity index is 1.77. The fourth-order valence-electron chi connectivity index (χ4n) is 4.92. The Bertz CT molecular complexity index is 1440. The van der Waals surface area contributed by atoms with Gasteiger partial charge in [0.25, 0.3) is 0 Å². The van der Waals surface area contributed by atoms with Gasteiger partial charge in [0.15, 0.2) is 0 Å². The molecule has 0 atom stereocenters. The first kappa shape index (κ1) is 19.6. The highest BCUT2D eigenvalue weighted by molar-refractivity contribution is 5.81. The summed E-state index contributed by atoms with van der Waals surface area (Å²) in [5.74, 6) is 0. The van der Waals surface area contributed by atoms with Crippen molar-refractivity contribution in [3.8, 4) is 39.3 Å². The van der Waals surface area contributed by atoms with E-state index < -0.39 is 0 Å². The Hall–Kier alpha value is -4.11. The van der Waals surface area contributed by atoms with Gasteiger partial charge in [-0.15, -0.1) is 0 Å². The average molecular weight is 427 g/mol. The summed E-state index contributed by atoms with van der Waals surface area (Å²) in [6, 6.07) is 28.4. The van der Waals surface area contributed by atoms with Crippen molar-refractivity contribution in [2.75, 3.05) is 0 Å². The summed E-state index contributed by atoms with van der Waals surface area (Å²) in [6.45, 7) is 2.13. The molecule has 158 valence electrons. The first-order valence-corrected chi connectivity index (χ1v) is 11.4. The molecule has 0 bridgehead atoms. The third-order valence-corrected chi connectivity index (χ3v) is 6.53. The predicted molar refractivity (Wildman–Crippen MR) is 132 cm³/mol. The number of benzene rings is 2. The number of nitrogens with zero attached hydrogens (tertiary/aromatic N) is 3. The van der Waals surface area contributed by atoms with Crippen molar-refractivity contribution in [2.24, 2.45) is 0 Å². The second-order valence-electron chi connectivity index (χ2n) is 8.57. The first-order valence-electron chi connectivity index (χ1n) is 11.4. The highest BCUT2D eigenvalue weighted by Crippen LogP contribution is 2.39. The van der Waals surface area contributed by atoms with Crippen molar-refractivity contribution >= 4 is 0 Å². The fourth-order valence-corrected chi connectivity index (χ4v) is 4.92. The lowest BCUT2D eigenvalue weighted by Gasteiger charge is -2.22. The molecule has 5 aromatic rings. The van der Waals surface area contributed by atoms with Gasteiger partial charge in [-0.3, -0.25) is 9.97 Å². The molecule has 0 fully saturated rings. The van der Waals surface area contributed by atoms with E-state index in [1.165, 1.54) is 50.3 Å². The topological polar surface area (TPSA) is 29.7 Å². The van der Waals surface area contributed by atoms with Gasteiger partial charge >= 0.3 is 0 Å². The van der Waals surface area contributed by atoms with Crippen LogP contribution in [0.3, 0.4) is 0 Å². The largest absolute Gasteiger partial charge is 0.265 e. The van der Waals surface area contributed by atoms with Crippen LogP contribution >= 0.6 is 0 Å². The minimum Gasteiger partial charge on any atom is -0.265 e. The number of hydrogen-bond donors (Lipinski definition) is 0. The predicted octanol–water partition coefficient (Wildman–Crippen LogP) is 6.16. The Labute approximate surface area is 194 Å². The van der Waals surface area contributed by atoms with Crippen LogP contribution in [-0.2, 0) is 12.8 Å². The zero-order valence-electron chi connectivity index (χ0n) is 18.6. The van der Waals surface area contributed by atoms with Crippen molar-refractivity contribution in [3.05, 3.63) is 120 Å². The summed E-state index contributed by atoms with van der Waals surface area (Å²) < 4.78 is 2.42. The van der Waals surface area contributed by atoms with E-state index >= 15 is 0 Å². The maximum absolute atomic E-state index is 4.29. The maximum Gasteiger partial charge on any atom is 0.223 e. The zero-order chi connectivity index (χ0) is 22.2. The lowest BCUT2D eigenvalue weighted by atomic mass is 9.83. The van der Waals surface area contributed by atoms with E-state index in [0.717, 1.165) is 18.5 Å². The molecular weight excluding hydrogens is 402 g/mol. The van der Waals surface area contributed by atoms with Crippen LogP contribution in [0.5, 0.6) is 0 Å². The van der Waals surface area contributed by atoms with Gasteiger partial charge in [-0.1, -0.05) is 35.9 Å². The van der Waals surface area contributed by atoms with E-state index in [1.807, 2.05) is 24.8 Å². The molecule has 0 amide bonds. The molecule has 0 saturated heterocycles. The van der Waals surface area contributed by atoms with Gasteiger partial charge in [-0.05, 0) is 66.8 Å². The molecule has 3 aromatic heterocycles. The summed E-state index contributed by atoms with van der Waals surface area (Å²) in [6.07, 6.45) is 9.56. The minimum atomic E-state index is 1.00. The second-order valence-corrected chi connectivity index (χ2v) is 8.57. The molecule has 0 unspecified atom stereocenters. The van der Waals surface area contributed by atoms with Gasteiger partial charge in [-0.2, -0.15) is 4.57 Å². The maximum atomic E-state index is 4.29. The minimum absolute atomic E-state index is 1.00. The number of aromatic nitrogens is 3. The summed E-state index contributed by atoms with van der Waals surface area (Å²) in [5.41, 5.74) is 12.6. The Morgan fingerprint density at radius 2 is 1.36 bits per heavy atom. The van der Waals surface area contributed by atoms with E-state index in [0.29, 0.717) is 0 Å². The number of pyridine rings is 3. The fraction of sp³-hybridized carbons (Fsp3) is 0.100. The van der Waals surface area contributed by atoms with Crippen LogP contribution in [0, 0.1) is 6.92 Å². The normalized spacial score (nSPS) is 12.2. The van der Waals surface area contributed by atoms with Crippen molar-refractivity contribution in [3.63, 3.8) is 0 Å². The summed E-state index contributed by atoms with van der Waals surface area (Å²) in [7, 11) is 0. The van der Waals surface area contributed by atoms with Crippen LogP contribution in [0.1, 0.15) is 16.7 Å². The third kappa shape index (κ3) is 3.42. The second kappa shape index (κ2) is 8.10. The molecule has 3 heteroatoms. The Kier molecular flexibility index (Phi) is 4.80. The Morgan fingerprint density at radius 3 is 2.12 bits per heavy atom. The van der Waals surface area contributed by atoms with Gasteiger partial charge < -0.3 is 0 Å². The summed E-state index contributed by atoms with van der Waals surface area (Å²) in [5, 5.41) is 0. The van der Waals surface area contributed by atoms with Crippen LogP contribution in [0.15, 0.2) is 104 Å². The zero-order valence-corrected chi connectivity index (χ0v) is 18.6. The SMILES string of the molecule is Cc1ccc(-c2cc(-c3ccncc3)c3c([n+]2-c2ccncc2)-c2ccccc2CC3)cc1. The molecule has 1 aliphatic rings. The molecule has 1 aliphatic carbocycles. The van der Waals surface area contributed by atoms with E-state index in [2.05, 4.69) is 100 Å². The van der Waals surface area contributed by atoms with E-state index in [1.54, 1.807) is 0 Å². The summed E-state index contributed by atoms with van der Waals surface area (Å²) in [4.78, 5) is 8.55. The molecule has 0 aliphatic heterocycles. The van der Waals surface area contributed by atoms with Crippen LogP contribution in [-0.4, -0.2) is 9.97 Å². The third-order valence-electron chi connectivity index (χ3n) is 6.53. The van der Waals surface area contributed by atoms with Gasteiger partial charge in [0.2, 0.25) is 17.1 Å². The molecule has 33 heavy (non-hydrogen) atoms. The quantitative estimate of drug-likeness (QED) is 0.323. The molecule has 0 radical (unpaired) electrons. The lowest BCUT2D eigenvalue weighted by Crippen LogP contribution is -2.39. The van der Waals surface area contributed by atoms with E-state index in [-0.39, 0.29) is 0 Å². The number of rotatable bonds is 3. The summed E-state index contributed by atoms with van der Waals surface area (Å²) >= 11 is 0. The van der Waals surface area contributed by atoms with Gasteiger partial charge in [0.05, 0.1) is 5.56 Å². The van der Waals surface area contributed by atoms with Gasteiger partial charge in [0.1, 0.15) is 0 Å². The van der Waals surface area contributed by atoms with Crippen molar-refractivity contribution in [1.82, 2.24) is 9.97 Å². The van der Waals surface area contributed by atoms with Crippen molar-refractivity contribution < 1.29 is 4.57 Å². The van der Waals surface area contributed by atoms with Crippen LogP contribution in [0.4, 0.5) is 0 Å². The molecule has 0 spiro atoms. The number of aryl methyl sites for hydroxylation is 2. The molecule has 3 nitrogen and oxygen atoms in total. The molecule has 2 aromatic carbocycles. The first-order chi connectivity index (χ1) is 16.3.